The first kappa shape index (κ1) is 21.2. The predicted octanol–water partition coefficient (Wildman–Crippen LogP) is 1.91. The summed E-state index contributed by atoms with van der Waals surface area (Å²) in [5.74, 6) is -0.418. The van der Waals surface area contributed by atoms with Crippen molar-refractivity contribution >= 4 is 23.2 Å². The lowest BCUT2D eigenvalue weighted by Gasteiger charge is -2.34. The highest BCUT2D eigenvalue weighted by molar-refractivity contribution is 7.11. The maximum atomic E-state index is 14.3. The van der Waals surface area contributed by atoms with E-state index in [9.17, 15) is 14.0 Å². The second-order valence-electron chi connectivity index (χ2n) is 6.96. The number of aryl methyl sites for hydroxylation is 2. The van der Waals surface area contributed by atoms with Crippen LogP contribution in [0.4, 0.5) is 4.39 Å². The molecule has 29 heavy (non-hydrogen) atoms. The van der Waals surface area contributed by atoms with Gasteiger partial charge in [0, 0.05) is 36.1 Å². The largest absolute Gasteiger partial charge is 0.497 e. The highest BCUT2D eigenvalue weighted by atomic mass is 32.1. The van der Waals surface area contributed by atoms with Gasteiger partial charge in [0.25, 0.3) is 0 Å². The van der Waals surface area contributed by atoms with E-state index in [1.165, 1.54) is 13.2 Å². The molecule has 1 fully saturated rings. The Hall–Kier alpha value is -2.52. The van der Waals surface area contributed by atoms with Gasteiger partial charge < -0.3 is 15.4 Å². The van der Waals surface area contributed by atoms with Crippen LogP contribution in [0.25, 0.3) is 0 Å². The minimum Gasteiger partial charge on any atom is -0.497 e. The third-order valence-corrected chi connectivity index (χ3v) is 6.04. The Balaban J connectivity index is 1.63. The lowest BCUT2D eigenvalue weighted by atomic mass is 10.1. The summed E-state index contributed by atoms with van der Waals surface area (Å²) in [5, 5.41) is 6.45. The molecule has 1 aromatic carbocycles. The second-order valence-corrected chi connectivity index (χ2v) is 8.25. The zero-order valence-corrected chi connectivity index (χ0v) is 17.6. The Labute approximate surface area is 173 Å². The third kappa shape index (κ3) is 5.30. The minimum absolute atomic E-state index is 0.00689. The monoisotopic (exact) mass is 420 g/mol. The fraction of sp³-hybridized carbons (Fsp3) is 0.450. The van der Waals surface area contributed by atoms with Crippen molar-refractivity contribution in [3.05, 3.63) is 45.2 Å². The van der Waals surface area contributed by atoms with E-state index in [0.717, 1.165) is 15.6 Å². The lowest BCUT2D eigenvalue weighted by Crippen LogP contribution is -2.56. The molecule has 156 valence electrons. The number of nitrogens with one attached hydrogen (secondary N) is 2. The smallest absolute Gasteiger partial charge is 0.237 e. The predicted molar refractivity (Wildman–Crippen MR) is 108 cm³/mol. The van der Waals surface area contributed by atoms with Crippen LogP contribution in [-0.2, 0) is 22.7 Å². The molecule has 3 rings (SSSR count). The van der Waals surface area contributed by atoms with E-state index >= 15 is 0 Å². The number of nitrogens with zero attached hydrogens (tertiary/aromatic N) is 2. The Bertz CT molecular complexity index is 882. The molecular formula is C20H25FN4O3S. The van der Waals surface area contributed by atoms with Crippen molar-refractivity contribution < 1.29 is 18.7 Å². The van der Waals surface area contributed by atoms with E-state index < -0.39 is 11.9 Å². The first-order valence-corrected chi connectivity index (χ1v) is 10.2. The quantitative estimate of drug-likeness (QED) is 0.715. The van der Waals surface area contributed by atoms with Gasteiger partial charge in [0.15, 0.2) is 0 Å². The molecule has 1 unspecified atom stereocenters. The van der Waals surface area contributed by atoms with Gasteiger partial charge in [0.1, 0.15) is 16.6 Å². The van der Waals surface area contributed by atoms with Crippen molar-refractivity contribution in [1.29, 1.82) is 0 Å². The molecule has 2 aromatic rings. The van der Waals surface area contributed by atoms with Crippen LogP contribution in [0.15, 0.2) is 18.2 Å². The number of rotatable bonds is 7. The Morgan fingerprint density at radius 1 is 1.45 bits per heavy atom. The molecule has 0 bridgehead atoms. The van der Waals surface area contributed by atoms with Gasteiger partial charge in [0.05, 0.1) is 31.8 Å². The van der Waals surface area contributed by atoms with Crippen molar-refractivity contribution in [2.75, 3.05) is 20.2 Å². The molecule has 0 aliphatic carbocycles. The number of aromatic nitrogens is 1. The standard InChI is InChI=1S/C20H25FN4O3S/c1-12-13(2)29-19(24-12)10-23-18(26)9-17-20(27)22-6-7-25(17)11-14-4-5-15(28-3)8-16(14)21/h4-5,8,17H,6-7,9-11H2,1-3H3,(H,22,27)(H,23,26). The van der Waals surface area contributed by atoms with E-state index in [2.05, 4.69) is 15.6 Å². The highest BCUT2D eigenvalue weighted by Gasteiger charge is 2.32. The van der Waals surface area contributed by atoms with Gasteiger partial charge in [-0.3, -0.25) is 14.5 Å². The molecule has 1 aliphatic rings. The first-order chi connectivity index (χ1) is 13.9. The van der Waals surface area contributed by atoms with Gasteiger partial charge >= 0.3 is 0 Å². The van der Waals surface area contributed by atoms with Gasteiger partial charge in [-0.25, -0.2) is 9.37 Å². The molecule has 0 radical (unpaired) electrons. The molecule has 2 heterocycles. The number of carbonyl (C=O) groups excluding carboxylic acids is 2. The van der Waals surface area contributed by atoms with E-state index in [-0.39, 0.29) is 24.8 Å². The van der Waals surface area contributed by atoms with E-state index in [4.69, 9.17) is 4.74 Å². The number of methoxy groups -OCH3 is 1. The molecule has 1 aliphatic heterocycles. The van der Waals surface area contributed by atoms with Crippen molar-refractivity contribution in [3.8, 4) is 5.75 Å². The number of benzene rings is 1. The molecule has 0 spiro atoms. The average Bonchev–Trinajstić information content (AvgIpc) is 3.02. The zero-order chi connectivity index (χ0) is 21.0. The van der Waals surface area contributed by atoms with Gasteiger partial charge in [0.2, 0.25) is 11.8 Å². The number of thiazole rings is 1. The summed E-state index contributed by atoms with van der Waals surface area (Å²) in [6.07, 6.45) is 0.00689. The number of amides is 2. The molecule has 9 heteroatoms. The summed E-state index contributed by atoms with van der Waals surface area (Å²) in [7, 11) is 1.48. The van der Waals surface area contributed by atoms with Gasteiger partial charge in [-0.1, -0.05) is 6.07 Å². The van der Waals surface area contributed by atoms with Gasteiger partial charge in [-0.05, 0) is 19.9 Å². The van der Waals surface area contributed by atoms with Crippen LogP contribution in [0.1, 0.15) is 27.6 Å². The second kappa shape index (κ2) is 9.32. The van der Waals surface area contributed by atoms with Crippen LogP contribution in [0, 0.1) is 19.7 Å². The van der Waals surface area contributed by atoms with Crippen LogP contribution < -0.4 is 15.4 Å². The van der Waals surface area contributed by atoms with Crippen molar-refractivity contribution in [2.45, 2.75) is 39.4 Å². The summed E-state index contributed by atoms with van der Waals surface area (Å²) in [6.45, 7) is 5.50. The summed E-state index contributed by atoms with van der Waals surface area (Å²) in [5.41, 5.74) is 1.42. The average molecular weight is 421 g/mol. The summed E-state index contributed by atoms with van der Waals surface area (Å²) in [6, 6.07) is 4.00. The summed E-state index contributed by atoms with van der Waals surface area (Å²) >= 11 is 1.54. The Kier molecular flexibility index (Phi) is 6.81. The number of piperazine rings is 1. The first-order valence-electron chi connectivity index (χ1n) is 9.41. The molecule has 2 N–H and O–H groups in total. The number of hydrogen-bond donors (Lipinski definition) is 2. The molecule has 1 atom stereocenters. The van der Waals surface area contributed by atoms with Gasteiger partial charge in [-0.15, -0.1) is 11.3 Å². The van der Waals surface area contributed by atoms with Crippen LogP contribution in [0.3, 0.4) is 0 Å². The summed E-state index contributed by atoms with van der Waals surface area (Å²) in [4.78, 5) is 32.2. The number of ether oxygens (including phenoxy) is 1. The van der Waals surface area contributed by atoms with E-state index in [1.54, 1.807) is 23.5 Å². The topological polar surface area (TPSA) is 83.6 Å². The normalized spacial score (nSPS) is 17.1. The van der Waals surface area contributed by atoms with E-state index in [0.29, 0.717) is 30.9 Å². The molecule has 0 saturated carbocycles. The number of halogens is 1. The molecular weight excluding hydrogens is 395 g/mol. The molecule has 7 nitrogen and oxygen atoms in total. The van der Waals surface area contributed by atoms with Crippen molar-refractivity contribution in [2.24, 2.45) is 0 Å². The van der Waals surface area contributed by atoms with Crippen LogP contribution in [0.5, 0.6) is 5.75 Å². The SMILES string of the molecule is COc1ccc(CN2CCNC(=O)C2CC(=O)NCc2nc(C)c(C)s2)c(F)c1. The Morgan fingerprint density at radius 2 is 2.24 bits per heavy atom. The van der Waals surface area contributed by atoms with E-state index in [1.807, 2.05) is 18.7 Å². The fourth-order valence-corrected chi connectivity index (χ4v) is 4.09. The van der Waals surface area contributed by atoms with Crippen molar-refractivity contribution in [1.82, 2.24) is 20.5 Å². The number of hydrogen-bond acceptors (Lipinski definition) is 6. The molecule has 1 aromatic heterocycles. The maximum Gasteiger partial charge on any atom is 0.237 e. The van der Waals surface area contributed by atoms with Crippen LogP contribution >= 0.6 is 11.3 Å². The maximum absolute atomic E-state index is 14.3. The zero-order valence-electron chi connectivity index (χ0n) is 16.8. The molecule has 1 saturated heterocycles. The van der Waals surface area contributed by atoms with Crippen molar-refractivity contribution in [3.63, 3.8) is 0 Å². The summed E-state index contributed by atoms with van der Waals surface area (Å²) < 4.78 is 19.4. The van der Waals surface area contributed by atoms with Crippen LogP contribution in [0.2, 0.25) is 0 Å². The van der Waals surface area contributed by atoms with Gasteiger partial charge in [-0.2, -0.15) is 0 Å². The third-order valence-electron chi connectivity index (χ3n) is 4.96. The molecule has 2 amide bonds. The highest BCUT2D eigenvalue weighted by Crippen LogP contribution is 2.20. The van der Waals surface area contributed by atoms with Crippen LogP contribution in [-0.4, -0.2) is 47.9 Å². The Morgan fingerprint density at radius 3 is 2.90 bits per heavy atom. The fourth-order valence-electron chi connectivity index (χ4n) is 3.21. The minimum atomic E-state index is -0.648. The number of carbonyl (C=O) groups is 2. The lowest BCUT2D eigenvalue weighted by molar-refractivity contribution is -0.134.